The molecule has 0 bridgehead atoms. The van der Waals surface area contributed by atoms with Crippen molar-refractivity contribution in [3.63, 3.8) is 0 Å². The maximum Gasteiger partial charge on any atom is 0.328 e. The summed E-state index contributed by atoms with van der Waals surface area (Å²) in [6, 6.07) is 9.66. The van der Waals surface area contributed by atoms with Gasteiger partial charge in [-0.2, -0.15) is 25.3 Å². The van der Waals surface area contributed by atoms with Gasteiger partial charge in [-0.05, 0) is 34.9 Å². The zero-order valence-corrected chi connectivity index (χ0v) is 53.9. The van der Waals surface area contributed by atoms with Gasteiger partial charge in [0.15, 0.2) is 0 Å². The minimum atomic E-state index is -1.81. The van der Waals surface area contributed by atoms with E-state index in [1.807, 2.05) is 6.07 Å². The molecule has 2 heterocycles. The van der Waals surface area contributed by atoms with Crippen LogP contribution in [0.3, 0.4) is 0 Å². The Balaban J connectivity index is 1.36. The molecule has 506 valence electrons. The van der Waals surface area contributed by atoms with Gasteiger partial charge in [0.05, 0.1) is 31.7 Å². The molecule has 0 fully saturated rings. The van der Waals surface area contributed by atoms with Crippen LogP contribution >= 0.6 is 25.3 Å². The van der Waals surface area contributed by atoms with Crippen LogP contribution in [0, 0.1) is 11.8 Å². The number of aliphatic carboxylic acids is 1. The first-order valence-corrected chi connectivity index (χ1v) is 31.3. The number of aromatic amines is 2. The quantitative estimate of drug-likeness (QED) is 0.0175. The van der Waals surface area contributed by atoms with Crippen molar-refractivity contribution in [3.05, 3.63) is 144 Å². The highest BCUT2D eigenvalue weighted by Crippen LogP contribution is 2.13. The first-order chi connectivity index (χ1) is 44.8. The second-order valence-electron chi connectivity index (χ2n) is 22.7. The van der Waals surface area contributed by atoms with Gasteiger partial charge in [0.25, 0.3) is 0 Å². The molecule has 0 unspecified atom stereocenters. The molecule has 11 atom stereocenters. The van der Waals surface area contributed by atoms with Crippen molar-refractivity contribution in [1.29, 1.82) is 0 Å². The number of nitrogens with one attached hydrogen (secondary N) is 12. The molecule has 3 aromatic carbocycles. The molecule has 18 N–H and O–H groups in total. The van der Waals surface area contributed by atoms with E-state index in [-0.39, 0.29) is 43.6 Å². The highest BCUT2D eigenvalue weighted by Gasteiger charge is 2.38. The van der Waals surface area contributed by atoms with E-state index in [9.17, 15) is 67.7 Å². The second kappa shape index (κ2) is 37.8. The topological polar surface area (TPSA) is 475 Å². The van der Waals surface area contributed by atoms with Gasteiger partial charge < -0.3 is 84.8 Å². The molecule has 32 heteroatoms. The number of carboxylic acid groups (broad SMARTS) is 1. The molecule has 11 amide bonds. The van der Waals surface area contributed by atoms with Crippen molar-refractivity contribution < 1.29 is 67.7 Å². The number of carboxylic acids is 1. The van der Waals surface area contributed by atoms with Crippen molar-refractivity contribution in [3.8, 4) is 0 Å². The van der Waals surface area contributed by atoms with Gasteiger partial charge in [0, 0.05) is 61.0 Å². The van der Waals surface area contributed by atoms with Crippen molar-refractivity contribution >= 4 is 96.2 Å². The van der Waals surface area contributed by atoms with E-state index in [0.29, 0.717) is 22.5 Å². The third-order valence-corrected chi connectivity index (χ3v) is 15.4. The van der Waals surface area contributed by atoms with Crippen molar-refractivity contribution in [2.75, 3.05) is 18.1 Å². The maximum atomic E-state index is 14.7. The van der Waals surface area contributed by atoms with Gasteiger partial charge in [-0.3, -0.25) is 52.7 Å². The molecule has 5 rings (SSSR count). The van der Waals surface area contributed by atoms with Crippen LogP contribution in [-0.2, 0) is 89.6 Å². The number of amides is 11. The Morgan fingerprint density at radius 2 is 0.734 bits per heavy atom. The van der Waals surface area contributed by atoms with Crippen LogP contribution in [0.5, 0.6) is 0 Å². The summed E-state index contributed by atoms with van der Waals surface area (Å²) in [4.78, 5) is 179. The SMILES string of the molecule is CC(C)[C@H](NC(=O)[C@H](Cc1ccccc1)NC(=O)[C@H](CC(N)=O)NC(=O)[C@H](Cc1ccccc1)NC(=O)[C@@H](NC(=O)[C@H](Cc1cnc[nH]1)NC(=O)[C@H](CS)NC(=O)[C@@H](N)Cc1ccccc1)C(C)C)C(=O)N[C@@H](Cc1cnc[nH]1)C(=O)N[C@@H](CS)C(=O)N[C@@H](CO)C(=O)O. The van der Waals surface area contributed by atoms with Crippen LogP contribution in [0.15, 0.2) is 116 Å². The van der Waals surface area contributed by atoms with E-state index in [0.717, 1.165) is 5.56 Å². The lowest BCUT2D eigenvalue weighted by atomic mass is 9.99. The number of thiol groups is 2. The minimum absolute atomic E-state index is 0.167. The highest BCUT2D eigenvalue weighted by atomic mass is 32.1. The summed E-state index contributed by atoms with van der Waals surface area (Å²) in [5, 5.41) is 44.3. The molecule has 2 aromatic heterocycles. The Bertz CT molecular complexity index is 3330. The Labute approximate surface area is 552 Å². The Morgan fingerprint density at radius 1 is 0.426 bits per heavy atom. The second-order valence-corrected chi connectivity index (χ2v) is 23.5. The first-order valence-electron chi connectivity index (χ1n) is 30.0. The van der Waals surface area contributed by atoms with Gasteiger partial charge in [0.2, 0.25) is 65.0 Å². The Morgan fingerprint density at radius 3 is 1.07 bits per heavy atom. The summed E-state index contributed by atoms with van der Waals surface area (Å²) in [5.41, 5.74) is 14.4. The number of rotatable bonds is 38. The number of carbonyl (C=O) groups excluding carboxylic acids is 11. The number of aromatic nitrogens is 4. The lowest BCUT2D eigenvalue weighted by molar-refractivity contribution is -0.143. The molecule has 5 aromatic rings. The van der Waals surface area contributed by atoms with E-state index in [2.05, 4.69) is 98.4 Å². The zero-order chi connectivity index (χ0) is 69.0. The fraction of sp³-hybridized carbons (Fsp3) is 0.419. The summed E-state index contributed by atoms with van der Waals surface area (Å²) in [6.45, 7) is 5.42. The van der Waals surface area contributed by atoms with Crippen LogP contribution in [0.1, 0.15) is 62.2 Å². The third kappa shape index (κ3) is 24.1. The number of aliphatic hydroxyl groups is 1. The minimum Gasteiger partial charge on any atom is -0.480 e. The molecule has 0 saturated carbocycles. The van der Waals surface area contributed by atoms with Crippen LogP contribution in [0.2, 0.25) is 0 Å². The van der Waals surface area contributed by atoms with E-state index in [4.69, 9.17) is 11.5 Å². The Kier molecular flexibility index (Phi) is 30.1. The summed E-state index contributed by atoms with van der Waals surface area (Å²) in [7, 11) is 0. The normalized spacial score (nSPS) is 14.7. The van der Waals surface area contributed by atoms with E-state index < -0.39 is 162 Å². The summed E-state index contributed by atoms with van der Waals surface area (Å²) in [6.07, 6.45) is 3.96. The fourth-order valence-corrected chi connectivity index (χ4v) is 9.97. The third-order valence-electron chi connectivity index (χ3n) is 14.7. The number of imidazole rings is 2. The molecule has 94 heavy (non-hydrogen) atoms. The lowest BCUT2D eigenvalue weighted by Crippen LogP contribution is -2.62. The van der Waals surface area contributed by atoms with Gasteiger partial charge >= 0.3 is 5.97 Å². The number of primary amides is 1. The summed E-state index contributed by atoms with van der Waals surface area (Å²) < 4.78 is 0. The van der Waals surface area contributed by atoms with E-state index in [1.54, 1.807) is 113 Å². The molecular formula is C62H82N16O14S2. The average molecular weight is 1340 g/mol. The molecule has 0 aliphatic carbocycles. The predicted octanol–water partition coefficient (Wildman–Crippen LogP) is -3.05. The smallest absolute Gasteiger partial charge is 0.328 e. The van der Waals surface area contributed by atoms with Crippen molar-refractivity contribution in [1.82, 2.24) is 73.1 Å². The number of nitrogens with two attached hydrogens (primary N) is 2. The van der Waals surface area contributed by atoms with Crippen molar-refractivity contribution in [2.45, 2.75) is 133 Å². The average Bonchev–Trinajstić information content (AvgIpc) is 0.956. The number of nitrogens with zero attached hydrogens (tertiary/aromatic N) is 2. The number of hydrogen-bond donors (Lipinski definition) is 18. The Hall–Kier alpha value is -9.66. The van der Waals surface area contributed by atoms with Gasteiger partial charge in [0.1, 0.15) is 60.4 Å². The first kappa shape index (κ1) is 75.1. The molecule has 0 radical (unpaired) electrons. The maximum absolute atomic E-state index is 14.7. The molecule has 0 saturated heterocycles. The molecule has 30 nitrogen and oxygen atoms in total. The summed E-state index contributed by atoms with van der Waals surface area (Å²) >= 11 is 8.41. The molecular weight excluding hydrogens is 1260 g/mol. The van der Waals surface area contributed by atoms with Gasteiger partial charge in [-0.25, -0.2) is 14.8 Å². The summed E-state index contributed by atoms with van der Waals surface area (Å²) in [5.74, 6) is -13.6. The molecule has 0 aliphatic rings. The zero-order valence-electron chi connectivity index (χ0n) is 52.1. The van der Waals surface area contributed by atoms with Crippen LogP contribution in [-0.4, -0.2) is 186 Å². The largest absolute Gasteiger partial charge is 0.480 e. The van der Waals surface area contributed by atoms with Gasteiger partial charge in [-0.1, -0.05) is 119 Å². The highest BCUT2D eigenvalue weighted by molar-refractivity contribution is 7.80. The van der Waals surface area contributed by atoms with Crippen LogP contribution in [0.4, 0.5) is 0 Å². The number of carbonyl (C=O) groups is 12. The van der Waals surface area contributed by atoms with Crippen LogP contribution < -0.4 is 64.6 Å². The molecule has 0 spiro atoms. The number of H-pyrrole nitrogens is 2. The van der Waals surface area contributed by atoms with Crippen LogP contribution in [0.25, 0.3) is 0 Å². The van der Waals surface area contributed by atoms with E-state index in [1.165, 1.54) is 25.0 Å². The predicted molar refractivity (Wildman–Crippen MR) is 348 cm³/mol. The number of hydrogen-bond acceptors (Lipinski definition) is 18. The number of benzene rings is 3. The fourth-order valence-electron chi connectivity index (χ4n) is 9.45. The lowest BCUT2D eigenvalue weighted by Gasteiger charge is -2.29. The monoisotopic (exact) mass is 1340 g/mol. The standard InChI is InChI=1S/C62H82N16O14S2/c1-33(2)50(78-57(86)44(24-39-27-66-32-68-39)70-58(87)47(29-93)75-52(81)40(63)20-35-14-8-5-9-15-35)60(89)72-41(21-36-16-10-6-11-17-36)53(82)71-45(25-49(64)80)55(84)69-42(22-37-18-12-7-13-19-37)56(85)77-51(34(3)4)61(90)73-43(23-38-26-65-31-67-38)54(83)76-48(30-94)59(88)74-46(28-79)62(91)92/h5-19,26-27,31-34,40-48,50-51,79,93-94H,20-25,28-30,63H2,1-4H3,(H2,64,80)(H,65,67)(H,66,68)(H,69,84)(H,70,87)(H,71,82)(H,72,89)(H,73,90)(H,74,88)(H,75,81)(H,76,83)(H,77,85)(H,78,86)(H,91,92)/t40-,41-,42-,43-,44-,45-,46-,47-,48-,50-,51-/m0/s1. The van der Waals surface area contributed by atoms with Crippen molar-refractivity contribution in [2.24, 2.45) is 23.3 Å². The molecule has 0 aliphatic heterocycles. The van der Waals surface area contributed by atoms with Gasteiger partial charge in [-0.15, -0.1) is 0 Å². The van der Waals surface area contributed by atoms with E-state index >= 15 is 0 Å². The number of aliphatic hydroxyl groups excluding tert-OH is 1.